The molecule has 17 rings (SSSR count). The van der Waals surface area contributed by atoms with Gasteiger partial charge in [0.05, 0.1) is 93.4 Å². The van der Waals surface area contributed by atoms with Crippen LogP contribution in [0.15, 0.2) is 168 Å². The third kappa shape index (κ3) is 20.1. The van der Waals surface area contributed by atoms with Gasteiger partial charge < -0.3 is 51.5 Å². The first-order valence-electron chi connectivity index (χ1n) is 39.3. The van der Waals surface area contributed by atoms with E-state index in [-0.39, 0.29) is 58.6 Å². The van der Waals surface area contributed by atoms with Crippen LogP contribution in [0, 0.1) is 20.2 Å². The van der Waals surface area contributed by atoms with Crippen molar-refractivity contribution in [1.82, 2.24) is 14.5 Å². The number of para-hydroxylation sites is 1. The SMILES string of the molecule is CC1(C)OB(c2cccc3c2CCC3=O)OC1(C)C.CCOP(OCC)OCC.COc1ccc(-c2cccc3c2CCC3=O)c([N+](=O)[O-])c1.COc1ccc2c(c1)[nH]c1ccc3c(c12)CCC3=O.COc1ccc2c3c4c(ccc3n(CCCN(C)C)c2c1)C(=O)CC4.O=C1CCc2c(Br)cccc21.O=[N+]([O-])c1ccccc1.[2H]CF. The quantitative estimate of drug-likeness (QED) is 0.0384. The molecule has 6 aliphatic rings. The molecule has 608 valence electrons. The third-order valence-electron chi connectivity index (χ3n) is 21.3. The molecule has 1 saturated heterocycles. The lowest BCUT2D eigenvalue weighted by Gasteiger charge is -2.32. The van der Waals surface area contributed by atoms with E-state index in [1.165, 1.54) is 74.6 Å². The molecule has 116 heavy (non-hydrogen) atoms. The average molecular weight is 1660 g/mol. The van der Waals surface area contributed by atoms with E-state index in [0.29, 0.717) is 75.2 Å². The Morgan fingerprint density at radius 2 is 0.974 bits per heavy atom. The minimum atomic E-state index is -1.06. The monoisotopic (exact) mass is 1660 g/mol. The van der Waals surface area contributed by atoms with Gasteiger partial charge in [0.2, 0.25) is 0 Å². The highest BCUT2D eigenvalue weighted by atomic mass is 79.9. The Balaban J connectivity index is 0.000000147. The van der Waals surface area contributed by atoms with Crippen molar-refractivity contribution in [2.45, 2.75) is 137 Å². The highest BCUT2D eigenvalue weighted by Crippen LogP contribution is 2.44. The second-order valence-electron chi connectivity index (χ2n) is 29.1. The number of aromatic amines is 1. The van der Waals surface area contributed by atoms with Gasteiger partial charge in [-0.25, -0.2) is 0 Å². The Hall–Kier alpha value is -10.2. The molecule has 0 bridgehead atoms. The summed E-state index contributed by atoms with van der Waals surface area (Å²) in [4.78, 5) is 84.9. The van der Waals surface area contributed by atoms with E-state index in [1.54, 1.807) is 56.7 Å². The maximum atomic E-state index is 12.2. The van der Waals surface area contributed by atoms with Gasteiger partial charge in [0, 0.05) is 128 Å². The standard InChI is InChI=1S/C21H24N2O2.C16H13NO4.C16H13NO2.C15H19BO3.C9H7BrO.C6H5NO2.C6H15O3P.CH3F/c1-22(2)11-4-12-23-18-9-7-15-16(8-10-20(15)24)21(18)17-6-5-14(25-3)13-19(17)23;1-21-10-5-6-13(15(9-10)17(19)20)11-3-2-4-14-12(11)7-8-16(14)18;1-19-9-2-3-12-14(8-9)17-13-6-4-10-11(16(12)13)5-7-15(10)18;1-14(2)15(3,4)19-16(18-14)12-7-5-6-11-10(12)8-9-13(11)17;10-8-3-1-2-7-6(8)4-5-9(7)11;8-7(9)6-4-2-1-3-5-6;1-4-7-10(8-5-2)9-6-3;1-2/h5-7,9,13H,4,8,10-12H2,1-3H3;2-6,9H,7-8H2,1H3;2-4,6,8,17H,5,7H2,1H3;5-7H,8-9H2,1-4H3;1-3H,4-5H2;1-5H;4-6H2,1-3H3;1H3/i;;;;;;;1D. The average Bonchev–Trinajstić information content (AvgIpc) is 1.58. The van der Waals surface area contributed by atoms with Gasteiger partial charge in [0.15, 0.2) is 28.9 Å². The molecule has 0 atom stereocenters. The second-order valence-corrected chi connectivity index (χ2v) is 31.2. The molecule has 3 heterocycles. The molecule has 0 unspecified atom stereocenters. The molecule has 2 aromatic heterocycles. The van der Waals surface area contributed by atoms with Gasteiger partial charge in [-0.15, -0.1) is 0 Å². The number of non-ortho nitro benzene ring substituents is 1. The van der Waals surface area contributed by atoms with Crippen LogP contribution in [0.1, 0.15) is 168 Å². The van der Waals surface area contributed by atoms with Crippen molar-refractivity contribution in [3.8, 4) is 28.4 Å². The number of fused-ring (bicyclic) bond motifs is 13. The molecule has 9 aromatic carbocycles. The van der Waals surface area contributed by atoms with Gasteiger partial charge in [-0.1, -0.05) is 82.7 Å². The van der Waals surface area contributed by atoms with Crippen LogP contribution in [0.25, 0.3) is 54.7 Å². The van der Waals surface area contributed by atoms with Crippen molar-refractivity contribution in [1.29, 1.82) is 0 Å². The number of nitrogens with one attached hydrogen (secondary N) is 1. The highest BCUT2D eigenvalue weighted by molar-refractivity contribution is 9.10. The number of alkyl halides is 1. The number of rotatable bonds is 17. The molecular weight excluding hydrogens is 1560 g/mol. The maximum absolute atomic E-state index is 12.2. The zero-order chi connectivity index (χ0) is 84.4. The van der Waals surface area contributed by atoms with Crippen LogP contribution in [0.4, 0.5) is 15.8 Å². The Labute approximate surface area is 686 Å². The number of Topliss-reactive ketones (excluding diaryl/α,β-unsaturated/α-hetero) is 5. The normalized spacial score (nSPS) is 14.8. The molecule has 1 aliphatic heterocycles. The summed E-state index contributed by atoms with van der Waals surface area (Å²) in [5, 5.41) is 26.2. The highest BCUT2D eigenvalue weighted by Gasteiger charge is 2.52. The number of H-pyrrole nitrogens is 1. The minimum absolute atomic E-state index is 0.0119. The number of benzene rings is 9. The molecule has 0 amide bonds. The summed E-state index contributed by atoms with van der Waals surface area (Å²) in [5.41, 5.74) is 16.1. The fourth-order valence-corrected chi connectivity index (χ4v) is 16.4. The third-order valence-corrected chi connectivity index (χ3v) is 23.5. The fourth-order valence-electron chi connectivity index (χ4n) is 15.0. The smallest absolute Gasteiger partial charge is 0.495 e. The van der Waals surface area contributed by atoms with Gasteiger partial charge >= 0.3 is 15.7 Å². The van der Waals surface area contributed by atoms with E-state index < -0.39 is 25.6 Å². The minimum Gasteiger partial charge on any atom is -0.497 e. The van der Waals surface area contributed by atoms with E-state index in [9.17, 15) is 48.6 Å². The molecule has 26 heteroatoms. The molecule has 0 radical (unpaired) electrons. The van der Waals surface area contributed by atoms with Gasteiger partial charge in [-0.2, -0.15) is 0 Å². The summed E-state index contributed by atoms with van der Waals surface area (Å²) in [6.07, 6.45) is 8.14. The maximum Gasteiger partial charge on any atom is 0.495 e. The van der Waals surface area contributed by atoms with E-state index >= 15 is 0 Å². The van der Waals surface area contributed by atoms with Crippen LogP contribution in [-0.4, -0.2) is 140 Å². The Kier molecular flexibility index (Phi) is 30.0. The summed E-state index contributed by atoms with van der Waals surface area (Å²) < 4.78 is 62.3. The number of nitro benzene ring substituents is 2. The number of methoxy groups -OCH3 is 3. The lowest BCUT2D eigenvalue weighted by Crippen LogP contribution is -2.41. The van der Waals surface area contributed by atoms with Crippen LogP contribution >= 0.6 is 24.5 Å². The van der Waals surface area contributed by atoms with Crippen LogP contribution in [-0.2, 0) is 61.5 Å². The van der Waals surface area contributed by atoms with Crippen molar-refractivity contribution in [3.05, 3.63) is 244 Å². The topological polar surface area (TPSA) is 269 Å². The van der Waals surface area contributed by atoms with E-state index in [1.807, 2.05) is 127 Å². The van der Waals surface area contributed by atoms with Crippen molar-refractivity contribution in [3.63, 3.8) is 0 Å². The predicted molar refractivity (Wildman–Crippen MR) is 458 cm³/mol. The Bertz CT molecular complexity index is 5430. The van der Waals surface area contributed by atoms with Crippen LogP contribution < -0.4 is 19.7 Å². The number of nitro groups is 2. The van der Waals surface area contributed by atoms with Gasteiger partial charge in [-0.05, 0) is 213 Å². The molecule has 11 aromatic rings. The van der Waals surface area contributed by atoms with E-state index in [0.717, 1.165) is 117 Å². The largest absolute Gasteiger partial charge is 0.497 e. The van der Waals surface area contributed by atoms with Crippen LogP contribution in [0.2, 0.25) is 0 Å². The molecule has 5 aliphatic carbocycles. The number of halogens is 2. The number of aromatic nitrogens is 2. The first-order chi connectivity index (χ1) is 56.2. The number of aryl methyl sites for hydroxylation is 3. The van der Waals surface area contributed by atoms with Gasteiger partial charge in [0.25, 0.3) is 11.4 Å². The lowest BCUT2D eigenvalue weighted by molar-refractivity contribution is -0.384. The first kappa shape index (κ1) is 86.6. The van der Waals surface area contributed by atoms with Gasteiger partial charge in [0.1, 0.15) is 17.2 Å². The van der Waals surface area contributed by atoms with Crippen LogP contribution in [0.5, 0.6) is 17.2 Å². The van der Waals surface area contributed by atoms with E-state index in [2.05, 4.69) is 68.7 Å². The predicted octanol–water partition coefficient (Wildman–Crippen LogP) is 19.9. The number of carbonyl (C=O) groups excluding carboxylic acids is 5. The summed E-state index contributed by atoms with van der Waals surface area (Å²) in [7, 11) is 6.62. The molecule has 0 spiro atoms. The molecule has 1 N–H and O–H groups in total. The Morgan fingerprint density at radius 3 is 1.51 bits per heavy atom. The summed E-state index contributed by atoms with van der Waals surface area (Å²) >= 11 is 3.42. The number of carbonyl (C=O) groups is 5. The first-order valence-corrected chi connectivity index (χ1v) is 40.5. The number of hydrogen-bond donors (Lipinski definition) is 1. The number of ether oxygens (including phenoxy) is 3. The number of nitrogens with zero attached hydrogens (tertiary/aromatic N) is 4. The van der Waals surface area contributed by atoms with E-state index in [4.69, 9.17) is 38.5 Å². The van der Waals surface area contributed by atoms with Crippen molar-refractivity contribution < 1.29 is 76.7 Å². The zero-order valence-corrected chi connectivity index (χ0v) is 70.1. The second kappa shape index (κ2) is 40.1. The molecule has 0 saturated carbocycles. The molecule has 1 fully saturated rings. The molecule has 22 nitrogen and oxygen atoms in total. The Morgan fingerprint density at radius 1 is 0.517 bits per heavy atom. The van der Waals surface area contributed by atoms with Crippen LogP contribution in [0.3, 0.4) is 0 Å². The fraction of sp³-hybridized carbons (Fsp3) is 0.344. The summed E-state index contributed by atoms with van der Waals surface area (Å²) in [5.74, 6) is 3.30. The summed E-state index contributed by atoms with van der Waals surface area (Å²) in [6, 6.07) is 50.1. The van der Waals surface area contributed by atoms with Crippen molar-refractivity contribution in [2.24, 2.45) is 0 Å². The summed E-state index contributed by atoms with van der Waals surface area (Å²) in [6.45, 7) is 17.9. The zero-order valence-electron chi connectivity index (χ0n) is 68.6. The van der Waals surface area contributed by atoms with Gasteiger partial charge in [-0.3, -0.25) is 48.6 Å². The van der Waals surface area contributed by atoms with Crippen molar-refractivity contribution in [2.75, 3.05) is 68.9 Å². The van der Waals surface area contributed by atoms with Crippen molar-refractivity contribution >= 4 is 121 Å². The number of hydrogen-bond acceptors (Lipinski definition) is 18. The molecular formula is C90H99BBrFN5O17P. The number of ketones is 5. The lowest BCUT2D eigenvalue weighted by atomic mass is 9.75.